The zero-order chi connectivity index (χ0) is 24.6. The standard InChI is InChI=1S/C28H32N4O2S/c1-28(2,3)23-13-15-24(16-14-23)35(33,34)31-19-17-30(18-20-31)27-29-25-11-7-8-12-26(25)32(27)21-22-9-5-4-6-10-22/h4-16H,17-21H2,1-3H3. The van der Waals surface area contributed by atoms with Gasteiger partial charge < -0.3 is 9.47 Å². The van der Waals surface area contributed by atoms with Crippen LogP contribution in [-0.4, -0.2) is 48.5 Å². The predicted octanol–water partition coefficient (Wildman–Crippen LogP) is 4.89. The van der Waals surface area contributed by atoms with E-state index in [0.717, 1.165) is 29.1 Å². The normalized spacial score (nSPS) is 15.6. The van der Waals surface area contributed by atoms with Crippen molar-refractivity contribution in [3.8, 4) is 0 Å². The van der Waals surface area contributed by atoms with Crippen molar-refractivity contribution in [1.29, 1.82) is 0 Å². The summed E-state index contributed by atoms with van der Waals surface area (Å²) in [6.45, 7) is 9.14. The smallest absolute Gasteiger partial charge is 0.243 e. The minimum absolute atomic E-state index is 0.0148. The van der Waals surface area contributed by atoms with E-state index in [1.54, 1.807) is 16.4 Å². The molecule has 6 nitrogen and oxygen atoms in total. The molecular weight excluding hydrogens is 456 g/mol. The fourth-order valence-electron chi connectivity index (χ4n) is 4.63. The van der Waals surface area contributed by atoms with Crippen LogP contribution in [0.25, 0.3) is 11.0 Å². The van der Waals surface area contributed by atoms with Crippen LogP contribution in [0.5, 0.6) is 0 Å². The Kier molecular flexibility index (Phi) is 6.15. The molecule has 0 radical (unpaired) electrons. The summed E-state index contributed by atoms with van der Waals surface area (Å²) in [5, 5.41) is 0. The first-order valence-corrected chi connectivity index (χ1v) is 13.5. The first kappa shape index (κ1) is 23.6. The molecule has 0 spiro atoms. The Hall–Kier alpha value is -3.16. The molecule has 0 amide bonds. The maximum Gasteiger partial charge on any atom is 0.243 e. The second kappa shape index (κ2) is 9.13. The van der Waals surface area contributed by atoms with Crippen LogP contribution in [-0.2, 0) is 22.0 Å². The lowest BCUT2D eigenvalue weighted by molar-refractivity contribution is 0.381. The van der Waals surface area contributed by atoms with Crippen LogP contribution < -0.4 is 4.90 Å². The number of piperazine rings is 1. The van der Waals surface area contributed by atoms with E-state index >= 15 is 0 Å². The molecule has 3 aromatic carbocycles. The number of hydrogen-bond acceptors (Lipinski definition) is 4. The topological polar surface area (TPSA) is 58.4 Å². The Morgan fingerprint density at radius 3 is 2.09 bits per heavy atom. The van der Waals surface area contributed by atoms with E-state index in [9.17, 15) is 8.42 Å². The van der Waals surface area contributed by atoms with Gasteiger partial charge in [-0.15, -0.1) is 0 Å². The Bertz CT molecular complexity index is 1410. The van der Waals surface area contributed by atoms with Gasteiger partial charge in [-0.05, 0) is 40.8 Å². The van der Waals surface area contributed by atoms with Gasteiger partial charge in [0.25, 0.3) is 0 Å². The number of nitrogens with zero attached hydrogens (tertiary/aromatic N) is 4. The average molecular weight is 489 g/mol. The van der Waals surface area contributed by atoms with Crippen molar-refractivity contribution < 1.29 is 8.42 Å². The third-order valence-corrected chi connectivity index (χ3v) is 8.61. The van der Waals surface area contributed by atoms with Crippen LogP contribution in [0.1, 0.15) is 31.9 Å². The molecular formula is C28H32N4O2S. The van der Waals surface area contributed by atoms with Gasteiger partial charge in [0.05, 0.1) is 22.5 Å². The van der Waals surface area contributed by atoms with Crippen LogP contribution in [0.15, 0.2) is 83.8 Å². The second-order valence-electron chi connectivity index (χ2n) is 10.1. The molecule has 35 heavy (non-hydrogen) atoms. The molecule has 0 saturated carbocycles. The number of imidazole rings is 1. The highest BCUT2D eigenvalue weighted by Gasteiger charge is 2.30. The Labute approximate surface area is 207 Å². The van der Waals surface area contributed by atoms with Gasteiger partial charge in [-0.1, -0.05) is 75.4 Å². The number of fused-ring (bicyclic) bond motifs is 1. The van der Waals surface area contributed by atoms with Crippen molar-refractivity contribution in [3.63, 3.8) is 0 Å². The van der Waals surface area contributed by atoms with Gasteiger partial charge in [0, 0.05) is 26.2 Å². The van der Waals surface area contributed by atoms with Gasteiger partial charge in [-0.3, -0.25) is 0 Å². The van der Waals surface area contributed by atoms with Gasteiger partial charge >= 0.3 is 0 Å². The van der Waals surface area contributed by atoms with Crippen LogP contribution >= 0.6 is 0 Å². The van der Waals surface area contributed by atoms with Crippen molar-refractivity contribution in [1.82, 2.24) is 13.9 Å². The summed E-state index contributed by atoms with van der Waals surface area (Å²) in [6, 6.07) is 25.8. The highest BCUT2D eigenvalue weighted by Crippen LogP contribution is 2.28. The summed E-state index contributed by atoms with van der Waals surface area (Å²) in [7, 11) is -3.53. The van der Waals surface area contributed by atoms with Crippen molar-refractivity contribution in [2.24, 2.45) is 0 Å². The van der Waals surface area contributed by atoms with E-state index in [1.165, 1.54) is 5.56 Å². The quantitative estimate of drug-likeness (QED) is 0.401. The molecule has 1 aliphatic rings. The molecule has 1 saturated heterocycles. The Morgan fingerprint density at radius 1 is 0.800 bits per heavy atom. The summed E-state index contributed by atoms with van der Waals surface area (Å²) in [4.78, 5) is 7.49. The lowest BCUT2D eigenvalue weighted by atomic mass is 9.87. The first-order valence-electron chi connectivity index (χ1n) is 12.1. The zero-order valence-corrected chi connectivity index (χ0v) is 21.4. The SMILES string of the molecule is CC(C)(C)c1ccc(S(=O)(=O)N2CCN(c3nc4ccccc4n3Cc3ccccc3)CC2)cc1. The van der Waals surface area contributed by atoms with Crippen molar-refractivity contribution in [2.45, 2.75) is 37.6 Å². The minimum Gasteiger partial charge on any atom is -0.340 e. The summed E-state index contributed by atoms with van der Waals surface area (Å²) in [6.07, 6.45) is 0. The molecule has 7 heteroatoms. The predicted molar refractivity (Wildman–Crippen MR) is 141 cm³/mol. The number of anilines is 1. The number of para-hydroxylation sites is 2. The molecule has 0 atom stereocenters. The third kappa shape index (κ3) is 4.70. The van der Waals surface area contributed by atoms with E-state index in [2.05, 4.69) is 48.4 Å². The number of aromatic nitrogens is 2. The maximum atomic E-state index is 13.3. The van der Waals surface area contributed by atoms with E-state index in [-0.39, 0.29) is 5.41 Å². The van der Waals surface area contributed by atoms with Gasteiger partial charge in [-0.2, -0.15) is 4.31 Å². The van der Waals surface area contributed by atoms with Gasteiger partial charge in [0.1, 0.15) is 0 Å². The monoisotopic (exact) mass is 488 g/mol. The number of sulfonamides is 1. The van der Waals surface area contributed by atoms with Gasteiger partial charge in [0.15, 0.2) is 0 Å². The van der Waals surface area contributed by atoms with E-state index in [4.69, 9.17) is 4.98 Å². The molecule has 1 fully saturated rings. The van der Waals surface area contributed by atoms with Crippen LogP contribution in [0.4, 0.5) is 5.95 Å². The fraction of sp³-hybridized carbons (Fsp3) is 0.321. The summed E-state index contributed by atoms with van der Waals surface area (Å²) >= 11 is 0. The van der Waals surface area contributed by atoms with Crippen molar-refractivity contribution in [3.05, 3.63) is 90.0 Å². The number of benzene rings is 3. The lowest BCUT2D eigenvalue weighted by Gasteiger charge is -2.35. The molecule has 0 N–H and O–H groups in total. The second-order valence-corrected chi connectivity index (χ2v) is 12.1. The molecule has 1 aliphatic heterocycles. The molecule has 2 heterocycles. The molecule has 0 bridgehead atoms. The van der Waals surface area contributed by atoms with Crippen LogP contribution in [0.3, 0.4) is 0 Å². The summed E-state index contributed by atoms with van der Waals surface area (Å²) < 4.78 is 30.5. The molecule has 0 aliphatic carbocycles. The van der Waals surface area contributed by atoms with Crippen LogP contribution in [0, 0.1) is 0 Å². The number of rotatable bonds is 5. The molecule has 4 aromatic rings. The minimum atomic E-state index is -3.53. The van der Waals surface area contributed by atoms with Gasteiger partial charge in [-0.25, -0.2) is 13.4 Å². The Morgan fingerprint density at radius 2 is 1.43 bits per heavy atom. The molecule has 182 valence electrons. The molecule has 5 rings (SSSR count). The van der Waals surface area contributed by atoms with Crippen LogP contribution in [0.2, 0.25) is 0 Å². The summed E-state index contributed by atoms with van der Waals surface area (Å²) in [5.74, 6) is 0.890. The number of hydrogen-bond donors (Lipinski definition) is 0. The zero-order valence-electron chi connectivity index (χ0n) is 20.6. The lowest BCUT2D eigenvalue weighted by Crippen LogP contribution is -2.49. The first-order chi connectivity index (χ1) is 16.7. The highest BCUT2D eigenvalue weighted by molar-refractivity contribution is 7.89. The fourth-order valence-corrected chi connectivity index (χ4v) is 6.05. The largest absolute Gasteiger partial charge is 0.340 e. The van der Waals surface area contributed by atoms with Crippen molar-refractivity contribution >= 4 is 27.0 Å². The van der Waals surface area contributed by atoms with E-state index in [0.29, 0.717) is 31.1 Å². The van der Waals surface area contributed by atoms with Crippen molar-refractivity contribution in [2.75, 3.05) is 31.1 Å². The Balaban J connectivity index is 1.37. The average Bonchev–Trinajstić information content (AvgIpc) is 3.22. The maximum absolute atomic E-state index is 13.3. The molecule has 0 unspecified atom stereocenters. The van der Waals surface area contributed by atoms with E-state index in [1.807, 2.05) is 48.5 Å². The summed E-state index contributed by atoms with van der Waals surface area (Å²) in [5.41, 5.74) is 4.35. The van der Waals surface area contributed by atoms with Gasteiger partial charge in [0.2, 0.25) is 16.0 Å². The van der Waals surface area contributed by atoms with E-state index < -0.39 is 10.0 Å². The molecule has 1 aromatic heterocycles. The third-order valence-electron chi connectivity index (χ3n) is 6.70. The highest BCUT2D eigenvalue weighted by atomic mass is 32.2.